The Hall–Kier alpha value is -1.03. The summed E-state index contributed by atoms with van der Waals surface area (Å²) in [6.07, 6.45) is 0.699. The number of aliphatic hydroxyl groups is 1. The molecule has 1 aromatic heterocycles. The molecule has 0 bridgehead atoms. The normalized spacial score (nSPS) is 10.8. The van der Waals surface area contributed by atoms with Gasteiger partial charge in [0, 0.05) is 24.3 Å². The number of ether oxygens (including phenoxy) is 1. The molecule has 1 heterocycles. The van der Waals surface area contributed by atoms with Gasteiger partial charge in [0.05, 0.1) is 6.10 Å². The highest BCUT2D eigenvalue weighted by Gasteiger charge is 2.11. The van der Waals surface area contributed by atoms with Gasteiger partial charge in [0.15, 0.2) is 0 Å². The molecule has 0 unspecified atom stereocenters. The van der Waals surface area contributed by atoms with E-state index in [0.717, 1.165) is 11.3 Å². The van der Waals surface area contributed by atoms with E-state index >= 15 is 0 Å². The first kappa shape index (κ1) is 10.1. The summed E-state index contributed by atoms with van der Waals surface area (Å²) in [7, 11) is 0. The van der Waals surface area contributed by atoms with Gasteiger partial charge in [-0.3, -0.25) is 5.10 Å². The molecule has 0 amide bonds. The Bertz CT molecular complexity index is 269. The third-order valence-corrected chi connectivity index (χ3v) is 1.75. The molecule has 0 saturated carbocycles. The maximum absolute atomic E-state index is 8.82. The van der Waals surface area contributed by atoms with Crippen molar-refractivity contribution >= 4 is 0 Å². The van der Waals surface area contributed by atoms with Crippen LogP contribution < -0.4 is 4.74 Å². The first-order valence-corrected chi connectivity index (χ1v) is 4.46. The molecule has 13 heavy (non-hydrogen) atoms. The summed E-state index contributed by atoms with van der Waals surface area (Å²) >= 11 is 0. The Balaban J connectivity index is 2.80. The summed E-state index contributed by atoms with van der Waals surface area (Å²) < 4.78 is 5.47. The molecule has 0 radical (unpaired) electrons. The summed E-state index contributed by atoms with van der Waals surface area (Å²) in [6, 6.07) is 0. The summed E-state index contributed by atoms with van der Waals surface area (Å²) in [5.74, 6) is 0.613. The number of aromatic amines is 1. The first-order chi connectivity index (χ1) is 6.15. The lowest BCUT2D eigenvalue weighted by Crippen LogP contribution is -2.08. The summed E-state index contributed by atoms with van der Waals surface area (Å²) in [5, 5.41) is 15.7. The monoisotopic (exact) mass is 184 g/mol. The second kappa shape index (κ2) is 4.28. The molecule has 0 aliphatic heterocycles. The second-order valence-electron chi connectivity index (χ2n) is 3.27. The molecule has 0 fully saturated rings. The van der Waals surface area contributed by atoms with Crippen LogP contribution in [0.2, 0.25) is 0 Å². The van der Waals surface area contributed by atoms with E-state index < -0.39 is 0 Å². The maximum Gasteiger partial charge on any atom is 0.236 e. The van der Waals surface area contributed by atoms with E-state index in [9.17, 15) is 0 Å². The molecule has 1 rings (SSSR count). The van der Waals surface area contributed by atoms with Crippen molar-refractivity contribution < 1.29 is 9.84 Å². The lowest BCUT2D eigenvalue weighted by Gasteiger charge is -2.08. The minimum Gasteiger partial charge on any atom is -0.474 e. The zero-order valence-electron chi connectivity index (χ0n) is 8.29. The minimum absolute atomic E-state index is 0.111. The van der Waals surface area contributed by atoms with Gasteiger partial charge in [0.25, 0.3) is 0 Å². The Morgan fingerprint density at radius 2 is 2.23 bits per heavy atom. The second-order valence-corrected chi connectivity index (χ2v) is 3.27. The quantitative estimate of drug-likeness (QED) is 0.735. The predicted molar refractivity (Wildman–Crippen MR) is 49.9 cm³/mol. The van der Waals surface area contributed by atoms with Gasteiger partial charge in [-0.05, 0) is 20.8 Å². The molecular formula is C9H16N2O2. The van der Waals surface area contributed by atoms with Crippen LogP contribution in [0.3, 0.4) is 0 Å². The van der Waals surface area contributed by atoms with E-state index in [1.807, 2.05) is 20.8 Å². The minimum atomic E-state index is 0.111. The molecule has 2 N–H and O–H groups in total. The van der Waals surface area contributed by atoms with Crippen LogP contribution in [0, 0.1) is 6.92 Å². The van der Waals surface area contributed by atoms with Crippen LogP contribution in [0.15, 0.2) is 0 Å². The van der Waals surface area contributed by atoms with Crippen LogP contribution >= 0.6 is 0 Å². The van der Waals surface area contributed by atoms with Gasteiger partial charge in [-0.2, -0.15) is 0 Å². The Morgan fingerprint density at radius 1 is 1.54 bits per heavy atom. The van der Waals surface area contributed by atoms with E-state index in [1.54, 1.807) is 0 Å². The number of nitrogens with zero attached hydrogens (tertiary/aromatic N) is 1. The van der Waals surface area contributed by atoms with Crippen molar-refractivity contribution in [2.45, 2.75) is 33.3 Å². The van der Waals surface area contributed by atoms with E-state index in [4.69, 9.17) is 9.84 Å². The zero-order chi connectivity index (χ0) is 9.84. The van der Waals surface area contributed by atoms with Crippen molar-refractivity contribution in [1.82, 2.24) is 10.2 Å². The van der Waals surface area contributed by atoms with Crippen LogP contribution in [0.25, 0.3) is 0 Å². The molecule has 74 valence electrons. The molecule has 0 spiro atoms. The number of aliphatic hydroxyl groups excluding tert-OH is 1. The van der Waals surface area contributed by atoms with Gasteiger partial charge in [0.1, 0.15) is 0 Å². The zero-order valence-corrected chi connectivity index (χ0v) is 8.29. The van der Waals surface area contributed by atoms with Crippen molar-refractivity contribution in [3.63, 3.8) is 0 Å². The number of aryl methyl sites for hydroxylation is 1. The third kappa shape index (κ3) is 2.45. The fraction of sp³-hybridized carbons (Fsp3) is 0.667. The van der Waals surface area contributed by atoms with Gasteiger partial charge in [-0.15, -0.1) is 5.10 Å². The van der Waals surface area contributed by atoms with Crippen molar-refractivity contribution in [3.8, 4) is 5.88 Å². The average Bonchev–Trinajstić information content (AvgIpc) is 2.35. The molecule has 1 aromatic rings. The first-order valence-electron chi connectivity index (χ1n) is 4.46. The number of hydrogen-bond acceptors (Lipinski definition) is 3. The highest BCUT2D eigenvalue weighted by atomic mass is 16.5. The molecule has 0 atom stereocenters. The largest absolute Gasteiger partial charge is 0.474 e. The highest BCUT2D eigenvalue weighted by molar-refractivity contribution is 5.29. The topological polar surface area (TPSA) is 58.1 Å². The fourth-order valence-corrected chi connectivity index (χ4v) is 1.16. The van der Waals surface area contributed by atoms with E-state index in [2.05, 4.69) is 10.2 Å². The van der Waals surface area contributed by atoms with E-state index in [0.29, 0.717) is 12.3 Å². The van der Waals surface area contributed by atoms with Crippen LogP contribution in [0.4, 0.5) is 0 Å². The highest BCUT2D eigenvalue weighted by Crippen LogP contribution is 2.19. The Morgan fingerprint density at radius 3 is 2.77 bits per heavy atom. The van der Waals surface area contributed by atoms with Crippen LogP contribution in [0.5, 0.6) is 5.88 Å². The van der Waals surface area contributed by atoms with Crippen molar-refractivity contribution in [2.24, 2.45) is 0 Å². The standard InChI is InChI=1S/C9H16N2O2/c1-6(2)13-9-8(4-5-12)7(3)10-11-9/h6,12H,4-5H2,1-3H3,(H,10,11). The van der Waals surface area contributed by atoms with Gasteiger partial charge >= 0.3 is 0 Å². The molecule has 0 aliphatic carbocycles. The van der Waals surface area contributed by atoms with Gasteiger partial charge in [-0.1, -0.05) is 0 Å². The Kier molecular flexibility index (Phi) is 3.31. The van der Waals surface area contributed by atoms with E-state index in [-0.39, 0.29) is 12.7 Å². The SMILES string of the molecule is Cc1[nH]nc(OC(C)C)c1CCO. The van der Waals surface area contributed by atoms with Crippen LogP contribution in [0.1, 0.15) is 25.1 Å². The molecule has 4 nitrogen and oxygen atoms in total. The van der Waals surface area contributed by atoms with Gasteiger partial charge in [0.2, 0.25) is 5.88 Å². The van der Waals surface area contributed by atoms with Gasteiger partial charge < -0.3 is 9.84 Å². The Labute approximate surface area is 77.9 Å². The van der Waals surface area contributed by atoms with Crippen molar-refractivity contribution in [3.05, 3.63) is 11.3 Å². The predicted octanol–water partition coefficient (Wildman–Crippen LogP) is 1.04. The molecule has 0 aromatic carbocycles. The maximum atomic E-state index is 8.82. The van der Waals surface area contributed by atoms with E-state index in [1.165, 1.54) is 0 Å². The van der Waals surface area contributed by atoms with Crippen LogP contribution in [-0.2, 0) is 6.42 Å². The number of nitrogens with one attached hydrogen (secondary N) is 1. The van der Waals surface area contributed by atoms with Crippen molar-refractivity contribution in [1.29, 1.82) is 0 Å². The van der Waals surface area contributed by atoms with Gasteiger partial charge in [-0.25, -0.2) is 0 Å². The molecule has 0 aliphatic rings. The fourth-order valence-electron chi connectivity index (χ4n) is 1.16. The summed E-state index contributed by atoms with van der Waals surface area (Å²) in [4.78, 5) is 0. The number of rotatable bonds is 4. The number of H-pyrrole nitrogens is 1. The van der Waals surface area contributed by atoms with Crippen LogP contribution in [-0.4, -0.2) is 28.0 Å². The lowest BCUT2D eigenvalue weighted by molar-refractivity contribution is 0.227. The number of hydrogen-bond donors (Lipinski definition) is 2. The molecule has 0 saturated heterocycles. The summed E-state index contributed by atoms with van der Waals surface area (Å²) in [6.45, 7) is 5.94. The smallest absolute Gasteiger partial charge is 0.236 e. The summed E-state index contributed by atoms with van der Waals surface area (Å²) in [5.41, 5.74) is 1.93. The third-order valence-electron chi connectivity index (χ3n) is 1.75. The molecule has 4 heteroatoms. The number of aromatic nitrogens is 2. The molecular weight excluding hydrogens is 168 g/mol. The van der Waals surface area contributed by atoms with Crippen molar-refractivity contribution in [2.75, 3.05) is 6.61 Å². The lowest BCUT2D eigenvalue weighted by atomic mass is 10.2. The average molecular weight is 184 g/mol.